The van der Waals surface area contributed by atoms with E-state index in [4.69, 9.17) is 4.74 Å². The van der Waals surface area contributed by atoms with Crippen LogP contribution in [0.15, 0.2) is 57.2 Å². The predicted molar refractivity (Wildman–Crippen MR) is 108 cm³/mol. The van der Waals surface area contributed by atoms with Gasteiger partial charge in [0.05, 0.1) is 12.9 Å². The first-order valence-electron chi connectivity index (χ1n) is 7.90. The van der Waals surface area contributed by atoms with Gasteiger partial charge >= 0.3 is 0 Å². The number of thioether (sulfide) groups is 2. The molecule has 27 heavy (non-hydrogen) atoms. The minimum absolute atomic E-state index is 0.110. The topological polar surface area (TPSA) is 64.1 Å². The summed E-state index contributed by atoms with van der Waals surface area (Å²) in [6.07, 6.45) is 0. The number of halogens is 1. The van der Waals surface area contributed by atoms with E-state index in [1.807, 2.05) is 0 Å². The minimum Gasteiger partial charge on any atom is -0.497 e. The van der Waals surface area contributed by atoms with Crippen molar-refractivity contribution in [1.29, 1.82) is 0 Å². The quantitative estimate of drug-likeness (QED) is 0.532. The normalized spacial score (nSPS) is 10.6. The summed E-state index contributed by atoms with van der Waals surface area (Å²) in [5.41, 5.74) is 1.74. The maximum atomic E-state index is 12.9. The summed E-state index contributed by atoms with van der Waals surface area (Å²) in [4.78, 5) is 12.0. The summed E-state index contributed by atoms with van der Waals surface area (Å²) in [7, 11) is 1.60. The molecule has 1 heterocycles. The Morgan fingerprint density at radius 2 is 1.74 bits per heavy atom. The van der Waals surface area contributed by atoms with Crippen molar-refractivity contribution in [2.45, 2.75) is 14.4 Å². The van der Waals surface area contributed by atoms with Gasteiger partial charge in [-0.2, -0.15) is 0 Å². The SMILES string of the molecule is COc1ccc(NC(=O)CSc2nnc(SCc3ccc(F)cc3)s2)cc1. The Morgan fingerprint density at radius 3 is 2.41 bits per heavy atom. The first kappa shape index (κ1) is 19.7. The molecule has 140 valence electrons. The van der Waals surface area contributed by atoms with Gasteiger partial charge < -0.3 is 10.1 Å². The van der Waals surface area contributed by atoms with E-state index < -0.39 is 0 Å². The van der Waals surface area contributed by atoms with Gasteiger partial charge in [-0.1, -0.05) is 47.0 Å². The molecule has 0 saturated heterocycles. The lowest BCUT2D eigenvalue weighted by molar-refractivity contribution is -0.113. The van der Waals surface area contributed by atoms with Crippen LogP contribution < -0.4 is 10.1 Å². The average molecular weight is 422 g/mol. The number of rotatable bonds is 8. The highest BCUT2D eigenvalue weighted by Crippen LogP contribution is 2.30. The van der Waals surface area contributed by atoms with Gasteiger partial charge in [0, 0.05) is 11.4 Å². The van der Waals surface area contributed by atoms with Crippen LogP contribution in [-0.2, 0) is 10.5 Å². The number of anilines is 1. The molecule has 0 unspecified atom stereocenters. The number of nitrogens with zero attached hydrogens (tertiary/aromatic N) is 2. The number of nitrogens with one attached hydrogen (secondary N) is 1. The van der Waals surface area contributed by atoms with Crippen molar-refractivity contribution in [3.05, 3.63) is 59.9 Å². The zero-order chi connectivity index (χ0) is 19.1. The van der Waals surface area contributed by atoms with Gasteiger partial charge in [0.25, 0.3) is 0 Å². The van der Waals surface area contributed by atoms with Gasteiger partial charge in [0.1, 0.15) is 11.6 Å². The second-order valence-electron chi connectivity index (χ2n) is 5.31. The number of ether oxygens (including phenoxy) is 1. The third-order valence-electron chi connectivity index (χ3n) is 3.36. The van der Waals surface area contributed by atoms with Crippen LogP contribution in [0.25, 0.3) is 0 Å². The van der Waals surface area contributed by atoms with Crippen molar-refractivity contribution < 1.29 is 13.9 Å². The van der Waals surface area contributed by atoms with Crippen molar-refractivity contribution in [3.63, 3.8) is 0 Å². The molecule has 0 saturated carbocycles. The summed E-state index contributed by atoms with van der Waals surface area (Å²) in [5, 5.41) is 11.0. The Labute approximate surface area is 168 Å². The molecule has 1 amide bonds. The van der Waals surface area contributed by atoms with Crippen LogP contribution in [-0.4, -0.2) is 29.0 Å². The fraction of sp³-hybridized carbons (Fsp3) is 0.167. The van der Waals surface area contributed by atoms with Crippen molar-refractivity contribution in [3.8, 4) is 5.75 Å². The number of carbonyl (C=O) groups excluding carboxylic acids is 1. The molecule has 9 heteroatoms. The number of methoxy groups -OCH3 is 1. The molecule has 0 aliphatic rings. The van der Waals surface area contributed by atoms with Crippen molar-refractivity contribution >= 4 is 46.5 Å². The van der Waals surface area contributed by atoms with Gasteiger partial charge in [0.15, 0.2) is 8.68 Å². The Kier molecular flexibility index (Phi) is 7.08. The third kappa shape index (κ3) is 6.23. The Hall–Kier alpha value is -2.10. The third-order valence-corrected chi connectivity index (χ3v) is 6.63. The summed E-state index contributed by atoms with van der Waals surface area (Å²) in [5.74, 6) is 1.33. The molecule has 1 N–H and O–H groups in total. The molecule has 1 aromatic heterocycles. The average Bonchev–Trinajstić information content (AvgIpc) is 3.14. The Morgan fingerprint density at radius 1 is 1.07 bits per heavy atom. The van der Waals surface area contributed by atoms with Gasteiger partial charge in [-0.15, -0.1) is 10.2 Å². The summed E-state index contributed by atoms with van der Waals surface area (Å²) >= 11 is 4.32. The molecular formula is C18H16FN3O2S3. The number of benzene rings is 2. The smallest absolute Gasteiger partial charge is 0.234 e. The molecule has 0 atom stereocenters. The van der Waals surface area contributed by atoms with Gasteiger partial charge in [-0.05, 0) is 42.0 Å². The first-order valence-corrected chi connectivity index (χ1v) is 10.7. The van der Waals surface area contributed by atoms with E-state index in [-0.39, 0.29) is 17.5 Å². The summed E-state index contributed by atoms with van der Waals surface area (Å²) in [6.45, 7) is 0. The van der Waals surface area contributed by atoms with E-state index in [2.05, 4.69) is 15.5 Å². The van der Waals surface area contributed by atoms with E-state index in [0.29, 0.717) is 11.4 Å². The second-order valence-corrected chi connectivity index (χ2v) is 8.74. The summed E-state index contributed by atoms with van der Waals surface area (Å²) < 4.78 is 19.5. The number of hydrogen-bond acceptors (Lipinski definition) is 7. The zero-order valence-corrected chi connectivity index (χ0v) is 16.8. The monoisotopic (exact) mass is 421 g/mol. The predicted octanol–water partition coefficient (Wildman–Crippen LogP) is 4.71. The minimum atomic E-state index is -0.244. The highest BCUT2D eigenvalue weighted by Gasteiger charge is 2.09. The fourth-order valence-electron chi connectivity index (χ4n) is 2.04. The highest BCUT2D eigenvalue weighted by atomic mass is 32.2. The molecule has 0 fully saturated rings. The molecule has 5 nitrogen and oxygen atoms in total. The first-order chi connectivity index (χ1) is 13.1. The lowest BCUT2D eigenvalue weighted by Gasteiger charge is -2.05. The molecule has 3 aromatic rings. The molecule has 2 aromatic carbocycles. The lowest BCUT2D eigenvalue weighted by Crippen LogP contribution is -2.13. The maximum Gasteiger partial charge on any atom is 0.234 e. The Balaban J connectivity index is 1.44. The van der Waals surface area contributed by atoms with Crippen LogP contribution in [0.4, 0.5) is 10.1 Å². The van der Waals surface area contributed by atoms with Crippen molar-refractivity contribution in [2.75, 3.05) is 18.2 Å². The standard InChI is InChI=1S/C18H16FN3O2S3/c1-24-15-8-6-14(7-9-15)20-16(23)11-26-18-22-21-17(27-18)25-10-12-2-4-13(19)5-3-12/h2-9H,10-11H2,1H3,(H,20,23). The molecule has 0 bridgehead atoms. The molecule has 0 aliphatic heterocycles. The molecular weight excluding hydrogens is 405 g/mol. The van der Waals surface area contributed by atoms with E-state index in [9.17, 15) is 9.18 Å². The van der Waals surface area contributed by atoms with Crippen molar-refractivity contribution in [2.24, 2.45) is 0 Å². The summed E-state index contributed by atoms with van der Waals surface area (Å²) in [6, 6.07) is 13.5. The van der Waals surface area contributed by atoms with E-state index >= 15 is 0 Å². The fourth-order valence-corrected chi connectivity index (χ4v) is 4.81. The van der Waals surface area contributed by atoms with Gasteiger partial charge in [-0.25, -0.2) is 4.39 Å². The van der Waals surface area contributed by atoms with E-state index in [0.717, 1.165) is 20.0 Å². The number of aromatic nitrogens is 2. The largest absolute Gasteiger partial charge is 0.497 e. The molecule has 0 radical (unpaired) electrons. The highest BCUT2D eigenvalue weighted by molar-refractivity contribution is 8.03. The number of amides is 1. The number of hydrogen-bond donors (Lipinski definition) is 1. The maximum absolute atomic E-state index is 12.9. The zero-order valence-electron chi connectivity index (χ0n) is 14.3. The molecule has 3 rings (SSSR count). The van der Waals surface area contributed by atoms with Crippen LogP contribution in [0.3, 0.4) is 0 Å². The lowest BCUT2D eigenvalue weighted by atomic mass is 10.2. The van der Waals surface area contributed by atoms with Gasteiger partial charge in [-0.3, -0.25) is 4.79 Å². The molecule has 0 spiro atoms. The van der Waals surface area contributed by atoms with E-state index in [1.165, 1.54) is 47.0 Å². The van der Waals surface area contributed by atoms with Crippen LogP contribution in [0.2, 0.25) is 0 Å². The van der Waals surface area contributed by atoms with Crippen LogP contribution in [0.5, 0.6) is 5.75 Å². The van der Waals surface area contributed by atoms with Crippen LogP contribution in [0, 0.1) is 5.82 Å². The van der Waals surface area contributed by atoms with E-state index in [1.54, 1.807) is 43.5 Å². The van der Waals surface area contributed by atoms with Crippen molar-refractivity contribution in [1.82, 2.24) is 10.2 Å². The Bertz CT molecular complexity index is 886. The van der Waals surface area contributed by atoms with Crippen LogP contribution >= 0.6 is 34.9 Å². The number of carbonyl (C=O) groups is 1. The van der Waals surface area contributed by atoms with Gasteiger partial charge in [0.2, 0.25) is 5.91 Å². The van der Waals surface area contributed by atoms with Crippen LogP contribution in [0.1, 0.15) is 5.56 Å². The molecule has 0 aliphatic carbocycles. The second kappa shape index (κ2) is 9.72.